The Morgan fingerprint density at radius 2 is 2.22 bits per heavy atom. The number of phenolic OH excluding ortho intramolecular Hbond substituents is 1. The smallest absolute Gasteiger partial charge is 0.255 e. The molecule has 1 unspecified atom stereocenters. The van der Waals surface area contributed by atoms with Crippen LogP contribution in [0.2, 0.25) is 0 Å². The van der Waals surface area contributed by atoms with Crippen molar-refractivity contribution in [3.63, 3.8) is 0 Å². The SMILES string of the molecule is COCC(CCO)NC(=O)c1cccc(C)c1O. The topological polar surface area (TPSA) is 78.8 Å². The van der Waals surface area contributed by atoms with E-state index in [4.69, 9.17) is 9.84 Å². The van der Waals surface area contributed by atoms with Crippen LogP contribution in [0.25, 0.3) is 0 Å². The number of amides is 1. The molecule has 0 heterocycles. The molecule has 0 saturated heterocycles. The standard InChI is InChI=1S/C13H19NO4/c1-9-4-3-5-11(12(9)16)13(17)14-10(6-7-15)8-18-2/h3-5,10,15-16H,6-8H2,1-2H3,(H,14,17). The minimum absolute atomic E-state index is 0.0184. The molecule has 0 aliphatic carbocycles. The lowest BCUT2D eigenvalue weighted by Gasteiger charge is -2.17. The van der Waals surface area contributed by atoms with E-state index < -0.39 is 0 Å². The van der Waals surface area contributed by atoms with E-state index in [-0.39, 0.29) is 29.9 Å². The van der Waals surface area contributed by atoms with Crippen LogP contribution in [0.5, 0.6) is 5.75 Å². The minimum atomic E-state index is -0.369. The predicted octanol–water partition coefficient (Wildman–Crippen LogP) is 0.828. The lowest BCUT2D eigenvalue weighted by Crippen LogP contribution is -2.38. The summed E-state index contributed by atoms with van der Waals surface area (Å²) in [7, 11) is 1.53. The molecule has 0 aromatic heterocycles. The molecule has 0 bridgehead atoms. The summed E-state index contributed by atoms with van der Waals surface area (Å²) in [6.07, 6.45) is 0.409. The molecule has 1 amide bonds. The first kappa shape index (κ1) is 14.5. The van der Waals surface area contributed by atoms with E-state index in [0.717, 1.165) is 0 Å². The fraction of sp³-hybridized carbons (Fsp3) is 0.462. The van der Waals surface area contributed by atoms with Crippen LogP contribution in [0, 0.1) is 6.92 Å². The number of aliphatic hydroxyl groups excluding tert-OH is 1. The summed E-state index contributed by atoms with van der Waals surface area (Å²) in [5.74, 6) is -0.387. The summed E-state index contributed by atoms with van der Waals surface area (Å²) >= 11 is 0. The van der Waals surface area contributed by atoms with Crippen LogP contribution in [0.3, 0.4) is 0 Å². The van der Waals surface area contributed by atoms with Gasteiger partial charge in [0.1, 0.15) is 5.75 Å². The second-order valence-corrected chi connectivity index (χ2v) is 4.11. The molecule has 0 aliphatic heterocycles. The van der Waals surface area contributed by atoms with Gasteiger partial charge in [-0.3, -0.25) is 4.79 Å². The fourth-order valence-electron chi connectivity index (χ4n) is 1.66. The van der Waals surface area contributed by atoms with Gasteiger partial charge in [0.25, 0.3) is 5.91 Å². The first-order chi connectivity index (χ1) is 8.60. The van der Waals surface area contributed by atoms with Crippen LogP contribution in [-0.4, -0.2) is 42.5 Å². The van der Waals surface area contributed by atoms with Crippen LogP contribution >= 0.6 is 0 Å². The molecule has 0 saturated carbocycles. The highest BCUT2D eigenvalue weighted by atomic mass is 16.5. The summed E-state index contributed by atoms with van der Waals surface area (Å²) in [5, 5.41) is 21.4. The molecule has 0 spiro atoms. The second-order valence-electron chi connectivity index (χ2n) is 4.11. The third-order valence-electron chi connectivity index (χ3n) is 2.66. The average molecular weight is 253 g/mol. The van der Waals surface area contributed by atoms with E-state index in [9.17, 15) is 9.90 Å². The van der Waals surface area contributed by atoms with E-state index in [1.54, 1.807) is 25.1 Å². The highest BCUT2D eigenvalue weighted by molar-refractivity contribution is 5.97. The van der Waals surface area contributed by atoms with Gasteiger partial charge < -0.3 is 20.3 Å². The lowest BCUT2D eigenvalue weighted by molar-refractivity contribution is 0.0876. The van der Waals surface area contributed by atoms with Gasteiger partial charge in [-0.05, 0) is 25.0 Å². The Labute approximate surface area is 106 Å². The normalized spacial score (nSPS) is 12.2. The number of carbonyl (C=O) groups is 1. The van der Waals surface area contributed by atoms with Crippen molar-refractivity contribution < 1.29 is 19.7 Å². The number of methoxy groups -OCH3 is 1. The lowest BCUT2D eigenvalue weighted by atomic mass is 10.1. The maximum absolute atomic E-state index is 12.0. The molecule has 1 atom stereocenters. The van der Waals surface area contributed by atoms with Gasteiger partial charge in [0.15, 0.2) is 0 Å². The first-order valence-corrected chi connectivity index (χ1v) is 5.79. The van der Waals surface area contributed by atoms with Gasteiger partial charge in [-0.1, -0.05) is 12.1 Å². The molecule has 100 valence electrons. The maximum atomic E-state index is 12.0. The van der Waals surface area contributed by atoms with Gasteiger partial charge in [0, 0.05) is 13.7 Å². The Kier molecular flexibility index (Phi) is 5.61. The molecular formula is C13H19NO4. The van der Waals surface area contributed by atoms with Crippen molar-refractivity contribution in [1.82, 2.24) is 5.32 Å². The van der Waals surface area contributed by atoms with E-state index in [1.807, 2.05) is 0 Å². The van der Waals surface area contributed by atoms with Crippen molar-refractivity contribution in [3.8, 4) is 5.75 Å². The Morgan fingerprint density at radius 3 is 2.83 bits per heavy atom. The van der Waals surface area contributed by atoms with Gasteiger partial charge in [0.05, 0.1) is 18.2 Å². The number of hydrogen-bond acceptors (Lipinski definition) is 4. The van der Waals surface area contributed by atoms with E-state index in [2.05, 4.69) is 5.32 Å². The number of aryl methyl sites for hydroxylation is 1. The minimum Gasteiger partial charge on any atom is -0.507 e. The fourth-order valence-corrected chi connectivity index (χ4v) is 1.66. The molecule has 5 heteroatoms. The second kappa shape index (κ2) is 6.98. The number of nitrogens with one attached hydrogen (secondary N) is 1. The molecule has 18 heavy (non-hydrogen) atoms. The number of rotatable bonds is 6. The zero-order chi connectivity index (χ0) is 13.5. The Morgan fingerprint density at radius 1 is 1.50 bits per heavy atom. The van der Waals surface area contributed by atoms with Crippen molar-refractivity contribution in [1.29, 1.82) is 0 Å². The molecule has 0 aliphatic rings. The average Bonchev–Trinajstić information content (AvgIpc) is 2.33. The molecule has 1 aromatic carbocycles. The number of carbonyl (C=O) groups excluding carboxylic acids is 1. The zero-order valence-electron chi connectivity index (χ0n) is 10.6. The van der Waals surface area contributed by atoms with Gasteiger partial charge in [-0.15, -0.1) is 0 Å². The largest absolute Gasteiger partial charge is 0.507 e. The van der Waals surface area contributed by atoms with Crippen LogP contribution in [0.4, 0.5) is 0 Å². The molecule has 0 fully saturated rings. The number of benzene rings is 1. The highest BCUT2D eigenvalue weighted by Crippen LogP contribution is 2.21. The summed E-state index contributed by atoms with van der Waals surface area (Å²) in [4.78, 5) is 12.0. The van der Waals surface area contributed by atoms with Crippen LogP contribution in [-0.2, 0) is 4.74 Å². The number of phenols is 1. The number of ether oxygens (including phenoxy) is 1. The van der Waals surface area contributed by atoms with Gasteiger partial charge in [0.2, 0.25) is 0 Å². The monoisotopic (exact) mass is 253 g/mol. The van der Waals surface area contributed by atoms with Crippen molar-refractivity contribution in [2.75, 3.05) is 20.3 Å². The van der Waals surface area contributed by atoms with Crippen LogP contribution < -0.4 is 5.32 Å². The van der Waals surface area contributed by atoms with Crippen molar-refractivity contribution in [3.05, 3.63) is 29.3 Å². The molecule has 0 radical (unpaired) electrons. The predicted molar refractivity (Wildman–Crippen MR) is 67.7 cm³/mol. The van der Waals surface area contributed by atoms with E-state index >= 15 is 0 Å². The van der Waals surface area contributed by atoms with Crippen molar-refractivity contribution >= 4 is 5.91 Å². The van der Waals surface area contributed by atoms with Gasteiger partial charge in [-0.25, -0.2) is 0 Å². The molecule has 3 N–H and O–H groups in total. The maximum Gasteiger partial charge on any atom is 0.255 e. The van der Waals surface area contributed by atoms with Gasteiger partial charge >= 0.3 is 0 Å². The number of aliphatic hydroxyl groups is 1. The highest BCUT2D eigenvalue weighted by Gasteiger charge is 2.16. The van der Waals surface area contributed by atoms with E-state index in [0.29, 0.717) is 18.6 Å². The number of hydrogen-bond donors (Lipinski definition) is 3. The number of aromatic hydroxyl groups is 1. The Bertz CT molecular complexity index is 400. The summed E-state index contributed by atoms with van der Waals surface area (Å²) < 4.78 is 4.96. The summed E-state index contributed by atoms with van der Waals surface area (Å²) in [5.41, 5.74) is 0.877. The zero-order valence-corrected chi connectivity index (χ0v) is 10.6. The molecule has 1 aromatic rings. The van der Waals surface area contributed by atoms with E-state index in [1.165, 1.54) is 7.11 Å². The molecule has 1 rings (SSSR count). The quantitative estimate of drug-likeness (QED) is 0.701. The summed E-state index contributed by atoms with van der Waals surface area (Å²) in [6.45, 7) is 2.01. The van der Waals surface area contributed by atoms with Crippen molar-refractivity contribution in [2.24, 2.45) is 0 Å². The third-order valence-corrected chi connectivity index (χ3v) is 2.66. The summed E-state index contributed by atoms with van der Waals surface area (Å²) in [6, 6.07) is 4.72. The van der Waals surface area contributed by atoms with Crippen LogP contribution in [0.1, 0.15) is 22.3 Å². The Balaban J connectivity index is 2.77. The Hall–Kier alpha value is -1.59. The molecular weight excluding hydrogens is 234 g/mol. The van der Waals surface area contributed by atoms with Crippen LogP contribution in [0.15, 0.2) is 18.2 Å². The third kappa shape index (κ3) is 3.72. The first-order valence-electron chi connectivity index (χ1n) is 5.79. The molecule has 5 nitrogen and oxygen atoms in total. The number of para-hydroxylation sites is 1. The van der Waals surface area contributed by atoms with Gasteiger partial charge in [-0.2, -0.15) is 0 Å². The van der Waals surface area contributed by atoms with Crippen molar-refractivity contribution in [2.45, 2.75) is 19.4 Å².